The minimum atomic E-state index is -1.72. The van der Waals surface area contributed by atoms with Crippen LogP contribution in [0.25, 0.3) is 11.1 Å². The van der Waals surface area contributed by atoms with Crippen LogP contribution in [-0.2, 0) is 5.60 Å². The van der Waals surface area contributed by atoms with E-state index in [-0.39, 0.29) is 5.56 Å². The van der Waals surface area contributed by atoms with Crippen molar-refractivity contribution in [1.29, 1.82) is 5.41 Å². The molecular formula is C25H25F2N9O. The molecule has 4 N–H and O–H groups in total. The number of nitrogens with zero attached hydrogens (tertiary/aromatic N) is 6. The summed E-state index contributed by atoms with van der Waals surface area (Å²) in [7, 11) is 0. The van der Waals surface area contributed by atoms with Crippen LogP contribution in [0.3, 0.4) is 0 Å². The van der Waals surface area contributed by atoms with E-state index in [1.807, 2.05) is 17.2 Å². The molecule has 0 saturated carbocycles. The van der Waals surface area contributed by atoms with Crippen LogP contribution < -0.4 is 4.90 Å². The monoisotopic (exact) mass is 505 g/mol. The van der Waals surface area contributed by atoms with Gasteiger partial charge in [0.25, 0.3) is 0 Å². The van der Waals surface area contributed by atoms with Crippen molar-refractivity contribution in [2.24, 2.45) is 4.99 Å². The fourth-order valence-corrected chi connectivity index (χ4v) is 4.38. The SMILES string of the molecule is C[C@@](O)(c1cnc(N2CCN(/C(=N/C=N)c3cc(-c4cn[nH]c4)c[nH]3)CC2)nc1)c1ccc(F)cc1F. The van der Waals surface area contributed by atoms with Crippen molar-refractivity contribution in [1.82, 2.24) is 30.0 Å². The summed E-state index contributed by atoms with van der Waals surface area (Å²) in [6, 6.07) is 5.02. The van der Waals surface area contributed by atoms with Crippen LogP contribution in [0, 0.1) is 17.0 Å². The molecule has 0 amide bonds. The van der Waals surface area contributed by atoms with Crippen molar-refractivity contribution in [2.75, 3.05) is 31.1 Å². The largest absolute Gasteiger partial charge is 0.380 e. The normalized spacial score (nSPS) is 16.1. The predicted octanol–water partition coefficient (Wildman–Crippen LogP) is 2.90. The molecule has 0 unspecified atom stereocenters. The summed E-state index contributed by atoms with van der Waals surface area (Å²) >= 11 is 0. The highest BCUT2D eigenvalue weighted by Crippen LogP contribution is 2.31. The Bertz CT molecular complexity index is 1410. The number of anilines is 1. The average Bonchev–Trinajstić information content (AvgIpc) is 3.60. The van der Waals surface area contributed by atoms with Gasteiger partial charge in [-0.2, -0.15) is 5.10 Å². The Morgan fingerprint density at radius 2 is 1.84 bits per heavy atom. The van der Waals surface area contributed by atoms with E-state index in [1.165, 1.54) is 25.4 Å². The Hall–Kier alpha value is -4.45. The predicted molar refractivity (Wildman–Crippen MR) is 135 cm³/mol. The van der Waals surface area contributed by atoms with Gasteiger partial charge in [0, 0.05) is 79.3 Å². The van der Waals surface area contributed by atoms with E-state index in [2.05, 4.69) is 35.0 Å². The van der Waals surface area contributed by atoms with Gasteiger partial charge in [-0.3, -0.25) is 10.5 Å². The second-order valence-electron chi connectivity index (χ2n) is 8.81. The van der Waals surface area contributed by atoms with Gasteiger partial charge in [0.2, 0.25) is 5.95 Å². The third-order valence-electron chi connectivity index (χ3n) is 6.46. The zero-order valence-electron chi connectivity index (χ0n) is 20.0. The molecule has 0 spiro atoms. The molecule has 0 bridgehead atoms. The Kier molecular flexibility index (Phi) is 6.49. The average molecular weight is 506 g/mol. The number of piperazine rings is 1. The molecule has 190 valence electrons. The zero-order valence-corrected chi connectivity index (χ0v) is 20.0. The van der Waals surface area contributed by atoms with Crippen molar-refractivity contribution in [3.8, 4) is 11.1 Å². The molecule has 1 aliphatic heterocycles. The number of hydrogen-bond donors (Lipinski definition) is 4. The van der Waals surface area contributed by atoms with Gasteiger partial charge in [-0.1, -0.05) is 0 Å². The van der Waals surface area contributed by atoms with E-state index in [0.29, 0.717) is 43.5 Å². The molecule has 3 aromatic heterocycles. The third-order valence-corrected chi connectivity index (χ3v) is 6.46. The van der Waals surface area contributed by atoms with E-state index in [1.54, 1.807) is 12.4 Å². The highest BCUT2D eigenvalue weighted by molar-refractivity contribution is 6.01. The number of amidine groups is 1. The van der Waals surface area contributed by atoms with E-state index >= 15 is 0 Å². The molecule has 1 aromatic carbocycles. The number of benzene rings is 1. The Balaban J connectivity index is 1.27. The fourth-order valence-electron chi connectivity index (χ4n) is 4.38. The number of aliphatic hydroxyl groups is 1. The summed E-state index contributed by atoms with van der Waals surface area (Å²) in [5, 5.41) is 25.2. The second-order valence-corrected chi connectivity index (χ2v) is 8.81. The minimum absolute atomic E-state index is 0.0582. The van der Waals surface area contributed by atoms with Gasteiger partial charge in [-0.25, -0.2) is 23.7 Å². The molecule has 1 aliphatic rings. The third kappa shape index (κ3) is 4.83. The maximum absolute atomic E-state index is 14.3. The molecule has 0 aliphatic carbocycles. The van der Waals surface area contributed by atoms with Crippen LogP contribution in [0.1, 0.15) is 23.7 Å². The number of H-pyrrole nitrogens is 2. The van der Waals surface area contributed by atoms with Crippen molar-refractivity contribution in [2.45, 2.75) is 12.5 Å². The first kappa shape index (κ1) is 24.3. The lowest BCUT2D eigenvalue weighted by atomic mass is 9.89. The first-order valence-corrected chi connectivity index (χ1v) is 11.6. The van der Waals surface area contributed by atoms with Gasteiger partial charge in [0.05, 0.1) is 11.9 Å². The molecule has 0 radical (unpaired) electrons. The van der Waals surface area contributed by atoms with Crippen molar-refractivity contribution < 1.29 is 13.9 Å². The Morgan fingerprint density at radius 1 is 1.08 bits per heavy atom. The zero-order chi connectivity index (χ0) is 26.0. The summed E-state index contributed by atoms with van der Waals surface area (Å²) in [5.41, 5.74) is 1.22. The highest BCUT2D eigenvalue weighted by atomic mass is 19.1. The summed E-state index contributed by atoms with van der Waals surface area (Å²) in [6.45, 7) is 3.87. The number of halogens is 2. The van der Waals surface area contributed by atoms with Gasteiger partial charge in [-0.15, -0.1) is 0 Å². The van der Waals surface area contributed by atoms with Gasteiger partial charge in [-0.05, 0) is 25.1 Å². The van der Waals surface area contributed by atoms with Crippen molar-refractivity contribution >= 4 is 18.1 Å². The van der Waals surface area contributed by atoms with E-state index in [0.717, 1.165) is 35.3 Å². The molecule has 10 nitrogen and oxygen atoms in total. The molecule has 12 heteroatoms. The molecule has 4 aromatic rings. The molecule has 37 heavy (non-hydrogen) atoms. The van der Waals surface area contributed by atoms with Crippen LogP contribution in [0.4, 0.5) is 14.7 Å². The lowest BCUT2D eigenvalue weighted by Crippen LogP contribution is -2.49. The summed E-state index contributed by atoms with van der Waals surface area (Å²) < 4.78 is 27.6. The summed E-state index contributed by atoms with van der Waals surface area (Å²) in [6.07, 6.45) is 9.35. The van der Waals surface area contributed by atoms with Crippen molar-refractivity contribution in [3.63, 3.8) is 0 Å². The molecule has 1 saturated heterocycles. The van der Waals surface area contributed by atoms with E-state index < -0.39 is 17.2 Å². The van der Waals surface area contributed by atoms with E-state index in [4.69, 9.17) is 5.41 Å². The van der Waals surface area contributed by atoms with Gasteiger partial charge < -0.3 is 19.9 Å². The topological polar surface area (TPSA) is 133 Å². The molecular weight excluding hydrogens is 480 g/mol. The van der Waals surface area contributed by atoms with Gasteiger partial charge >= 0.3 is 0 Å². The quantitative estimate of drug-likeness (QED) is 0.235. The van der Waals surface area contributed by atoms with Gasteiger partial charge in [0.1, 0.15) is 23.6 Å². The maximum Gasteiger partial charge on any atom is 0.225 e. The Morgan fingerprint density at radius 3 is 2.49 bits per heavy atom. The number of rotatable bonds is 6. The summed E-state index contributed by atoms with van der Waals surface area (Å²) in [5.74, 6) is -0.415. The lowest BCUT2D eigenvalue weighted by Gasteiger charge is -2.36. The first-order chi connectivity index (χ1) is 17.9. The standard InChI is InChI=1S/C25H25F2N9O/c1-25(37,20-3-2-19(26)9-21(20)27)18-13-30-24(31-14-18)36-6-4-35(5-7-36)23(32-15-28)22-8-16(10-29-22)17-11-33-34-12-17/h2-3,8-15,28-29,37H,4-7H2,1H3,(H,33,34)/b28-15?,32-23+/t25-/m1/s1. The number of nitrogens with one attached hydrogen (secondary N) is 3. The molecule has 1 fully saturated rings. The highest BCUT2D eigenvalue weighted by Gasteiger charge is 2.30. The van der Waals surface area contributed by atoms with Crippen LogP contribution >= 0.6 is 0 Å². The first-order valence-electron chi connectivity index (χ1n) is 11.6. The number of aromatic nitrogens is 5. The van der Waals surface area contributed by atoms with Crippen LogP contribution in [-0.4, -0.2) is 73.5 Å². The number of hydrogen-bond acceptors (Lipinski definition) is 6. The fraction of sp³-hybridized carbons (Fsp3) is 0.240. The van der Waals surface area contributed by atoms with Crippen molar-refractivity contribution in [3.05, 3.63) is 83.7 Å². The van der Waals surface area contributed by atoms with Crippen LogP contribution in [0.5, 0.6) is 0 Å². The summed E-state index contributed by atoms with van der Waals surface area (Å²) in [4.78, 5) is 20.4. The number of aromatic amines is 2. The van der Waals surface area contributed by atoms with Crippen LogP contribution in [0.2, 0.25) is 0 Å². The molecule has 5 rings (SSSR count). The van der Waals surface area contributed by atoms with Crippen LogP contribution in [0.15, 0.2) is 60.2 Å². The maximum atomic E-state index is 14.3. The molecule has 1 atom stereocenters. The second kappa shape index (κ2) is 9.90. The number of aliphatic imine (C=N–C) groups is 1. The van der Waals surface area contributed by atoms with E-state index in [9.17, 15) is 13.9 Å². The van der Waals surface area contributed by atoms with Gasteiger partial charge in [0.15, 0.2) is 5.84 Å². The molecule has 4 heterocycles. The Labute approximate surface area is 211 Å². The lowest BCUT2D eigenvalue weighted by molar-refractivity contribution is 0.0970. The minimum Gasteiger partial charge on any atom is -0.380 e. The smallest absolute Gasteiger partial charge is 0.225 e.